The van der Waals surface area contributed by atoms with Gasteiger partial charge in [-0.3, -0.25) is 4.90 Å². The van der Waals surface area contributed by atoms with Gasteiger partial charge in [-0.2, -0.15) is 11.3 Å². The molecular formula is C16H27N3O2S. The number of nitrogens with one attached hydrogen (secondary N) is 2. The lowest BCUT2D eigenvalue weighted by Gasteiger charge is -2.35. The topological polar surface area (TPSA) is 64.6 Å². The summed E-state index contributed by atoms with van der Waals surface area (Å²) in [5.74, 6) is 0. The highest BCUT2D eigenvalue weighted by Gasteiger charge is 2.25. The van der Waals surface area contributed by atoms with Crippen LogP contribution in [0.25, 0.3) is 0 Å². The van der Waals surface area contributed by atoms with Crippen molar-refractivity contribution in [1.29, 1.82) is 0 Å². The van der Waals surface area contributed by atoms with Crippen molar-refractivity contribution < 1.29 is 9.90 Å². The first kappa shape index (κ1) is 17.2. The molecule has 0 bridgehead atoms. The van der Waals surface area contributed by atoms with Gasteiger partial charge in [0.2, 0.25) is 0 Å². The molecule has 3 N–H and O–H groups in total. The first-order chi connectivity index (χ1) is 10.5. The van der Waals surface area contributed by atoms with Crippen LogP contribution in [0.15, 0.2) is 16.8 Å². The molecule has 6 heteroatoms. The van der Waals surface area contributed by atoms with Gasteiger partial charge in [0.1, 0.15) is 5.60 Å². The minimum atomic E-state index is -1.03. The molecule has 2 unspecified atom stereocenters. The number of carbonyl (C=O) groups is 1. The number of rotatable bonds is 6. The number of likely N-dealkylation sites (N-methyl/N-ethyl adjacent to an activating group) is 1. The van der Waals surface area contributed by atoms with Crippen LogP contribution in [0, 0.1) is 0 Å². The number of hydrogen-bond donors (Lipinski definition) is 3. The number of piperidine rings is 1. The lowest BCUT2D eigenvalue weighted by molar-refractivity contribution is 0.0596. The van der Waals surface area contributed by atoms with E-state index in [2.05, 4.69) is 22.5 Å². The fourth-order valence-electron chi connectivity index (χ4n) is 2.91. The Morgan fingerprint density at radius 1 is 1.50 bits per heavy atom. The van der Waals surface area contributed by atoms with Crippen molar-refractivity contribution in [1.82, 2.24) is 15.5 Å². The highest BCUT2D eigenvalue weighted by atomic mass is 32.1. The molecule has 22 heavy (non-hydrogen) atoms. The van der Waals surface area contributed by atoms with Gasteiger partial charge in [0.15, 0.2) is 0 Å². The summed E-state index contributed by atoms with van der Waals surface area (Å²) in [5.41, 5.74) is -0.195. The van der Waals surface area contributed by atoms with Crippen molar-refractivity contribution in [3.63, 3.8) is 0 Å². The third kappa shape index (κ3) is 4.69. The normalized spacial score (nSPS) is 22.0. The molecule has 0 aromatic carbocycles. The molecular weight excluding hydrogens is 298 g/mol. The SMILES string of the molecule is CCN1CCCCC1CNC(=O)NCC(C)(O)c1ccsc1. The lowest BCUT2D eigenvalue weighted by atomic mass is 9.99. The molecule has 1 fully saturated rings. The predicted octanol–water partition coefficient (Wildman–Crippen LogP) is 2.13. The monoisotopic (exact) mass is 325 g/mol. The van der Waals surface area contributed by atoms with E-state index in [9.17, 15) is 9.90 Å². The predicted molar refractivity (Wildman–Crippen MR) is 90.2 cm³/mol. The number of carbonyl (C=O) groups excluding carboxylic acids is 1. The molecule has 2 amide bonds. The quantitative estimate of drug-likeness (QED) is 0.751. The van der Waals surface area contributed by atoms with Gasteiger partial charge in [0.05, 0.1) is 6.54 Å². The Labute approximate surface area is 136 Å². The van der Waals surface area contributed by atoms with Crippen LogP contribution >= 0.6 is 11.3 Å². The summed E-state index contributed by atoms with van der Waals surface area (Å²) < 4.78 is 0. The van der Waals surface area contributed by atoms with Crippen LogP contribution < -0.4 is 10.6 Å². The van der Waals surface area contributed by atoms with Crippen LogP contribution in [0.2, 0.25) is 0 Å². The van der Waals surface area contributed by atoms with Gasteiger partial charge in [-0.05, 0) is 55.2 Å². The highest BCUT2D eigenvalue weighted by Crippen LogP contribution is 2.22. The number of amides is 2. The molecule has 0 aliphatic carbocycles. The Hall–Kier alpha value is -1.11. The average Bonchev–Trinajstić information content (AvgIpc) is 3.06. The summed E-state index contributed by atoms with van der Waals surface area (Å²) in [6.45, 7) is 6.90. The maximum Gasteiger partial charge on any atom is 0.314 e. The molecule has 2 heterocycles. The van der Waals surface area contributed by atoms with Crippen LogP contribution in [0.4, 0.5) is 4.79 Å². The van der Waals surface area contributed by atoms with Crippen molar-refractivity contribution in [2.45, 2.75) is 44.8 Å². The van der Waals surface area contributed by atoms with E-state index in [1.807, 2.05) is 16.8 Å². The van der Waals surface area contributed by atoms with E-state index < -0.39 is 5.60 Å². The first-order valence-electron chi connectivity index (χ1n) is 8.03. The second kappa shape index (κ2) is 7.94. The van der Waals surface area contributed by atoms with E-state index in [1.54, 1.807) is 6.92 Å². The van der Waals surface area contributed by atoms with Crippen LogP contribution in [0.1, 0.15) is 38.7 Å². The fraction of sp³-hybridized carbons (Fsp3) is 0.688. The van der Waals surface area contributed by atoms with E-state index >= 15 is 0 Å². The Kier molecular flexibility index (Phi) is 6.23. The second-order valence-corrected chi connectivity index (χ2v) is 6.91. The number of hydrogen-bond acceptors (Lipinski definition) is 4. The fourth-order valence-corrected chi connectivity index (χ4v) is 3.69. The smallest absolute Gasteiger partial charge is 0.314 e. The van der Waals surface area contributed by atoms with Crippen LogP contribution in [-0.4, -0.2) is 48.3 Å². The standard InChI is InChI=1S/C16H27N3O2S/c1-3-19-8-5-4-6-14(19)10-17-15(20)18-12-16(2,21)13-7-9-22-11-13/h7,9,11,14,21H,3-6,8,10,12H2,1-2H3,(H2,17,18,20). The molecule has 2 atom stereocenters. The minimum Gasteiger partial charge on any atom is -0.384 e. The maximum absolute atomic E-state index is 11.9. The molecule has 1 aliphatic heterocycles. The molecule has 1 aromatic rings. The zero-order valence-corrected chi connectivity index (χ0v) is 14.3. The van der Waals surface area contributed by atoms with Crippen molar-refractivity contribution in [3.8, 4) is 0 Å². The van der Waals surface area contributed by atoms with Gasteiger partial charge in [-0.1, -0.05) is 13.3 Å². The van der Waals surface area contributed by atoms with Gasteiger partial charge < -0.3 is 15.7 Å². The van der Waals surface area contributed by atoms with Crippen molar-refractivity contribution >= 4 is 17.4 Å². The molecule has 5 nitrogen and oxygen atoms in total. The second-order valence-electron chi connectivity index (χ2n) is 6.13. The van der Waals surface area contributed by atoms with Crippen LogP contribution in [0.5, 0.6) is 0 Å². The molecule has 0 spiro atoms. The third-order valence-corrected chi connectivity index (χ3v) is 5.07. The first-order valence-corrected chi connectivity index (χ1v) is 8.98. The molecule has 2 rings (SSSR count). The van der Waals surface area contributed by atoms with Gasteiger partial charge in [-0.25, -0.2) is 4.79 Å². The molecule has 0 radical (unpaired) electrons. The Morgan fingerprint density at radius 2 is 2.32 bits per heavy atom. The van der Waals surface area contributed by atoms with E-state index in [4.69, 9.17) is 0 Å². The van der Waals surface area contributed by atoms with Gasteiger partial charge >= 0.3 is 6.03 Å². The lowest BCUT2D eigenvalue weighted by Crippen LogP contribution is -2.50. The van der Waals surface area contributed by atoms with E-state index in [0.29, 0.717) is 12.6 Å². The summed E-state index contributed by atoms with van der Waals surface area (Å²) in [7, 11) is 0. The summed E-state index contributed by atoms with van der Waals surface area (Å²) in [6, 6.07) is 2.10. The van der Waals surface area contributed by atoms with Gasteiger partial charge in [0, 0.05) is 12.6 Å². The molecule has 1 aromatic heterocycles. The van der Waals surface area contributed by atoms with Crippen LogP contribution in [-0.2, 0) is 5.60 Å². The summed E-state index contributed by atoms with van der Waals surface area (Å²) in [6.07, 6.45) is 3.62. The Balaban J connectivity index is 1.74. The van der Waals surface area contributed by atoms with E-state index in [1.165, 1.54) is 24.2 Å². The van der Waals surface area contributed by atoms with Gasteiger partial charge in [-0.15, -0.1) is 0 Å². The highest BCUT2D eigenvalue weighted by molar-refractivity contribution is 7.08. The average molecular weight is 325 g/mol. The Bertz CT molecular complexity index is 462. The van der Waals surface area contributed by atoms with Crippen molar-refractivity contribution in [2.24, 2.45) is 0 Å². The third-order valence-electron chi connectivity index (χ3n) is 4.39. The van der Waals surface area contributed by atoms with E-state index in [-0.39, 0.29) is 12.6 Å². The maximum atomic E-state index is 11.9. The number of urea groups is 1. The van der Waals surface area contributed by atoms with Crippen molar-refractivity contribution in [2.75, 3.05) is 26.2 Å². The number of thiophene rings is 1. The molecule has 1 aliphatic rings. The largest absolute Gasteiger partial charge is 0.384 e. The zero-order valence-electron chi connectivity index (χ0n) is 13.5. The van der Waals surface area contributed by atoms with E-state index in [0.717, 1.165) is 25.1 Å². The van der Waals surface area contributed by atoms with Crippen LogP contribution in [0.3, 0.4) is 0 Å². The van der Waals surface area contributed by atoms with Gasteiger partial charge in [0.25, 0.3) is 0 Å². The molecule has 1 saturated heterocycles. The molecule has 124 valence electrons. The summed E-state index contributed by atoms with van der Waals surface area (Å²) in [4.78, 5) is 14.4. The Morgan fingerprint density at radius 3 is 3.00 bits per heavy atom. The van der Waals surface area contributed by atoms with Crippen molar-refractivity contribution in [3.05, 3.63) is 22.4 Å². The zero-order chi connectivity index (χ0) is 16.0. The summed E-state index contributed by atoms with van der Waals surface area (Å²) >= 11 is 1.54. The summed E-state index contributed by atoms with van der Waals surface area (Å²) in [5, 5.41) is 19.9. The number of nitrogens with zero attached hydrogens (tertiary/aromatic N) is 1. The minimum absolute atomic E-state index is 0.206. The molecule has 0 saturated carbocycles. The number of aliphatic hydroxyl groups is 1. The number of likely N-dealkylation sites (tertiary alicyclic amines) is 1.